The number of carbonyl (C=O) groups excluding carboxylic acids is 1. The van der Waals surface area contributed by atoms with Crippen LogP contribution in [-0.4, -0.2) is 47.9 Å². The van der Waals surface area contributed by atoms with Gasteiger partial charge < -0.3 is 10.6 Å². The maximum absolute atomic E-state index is 13.0. The molecule has 0 spiro atoms. The highest BCUT2D eigenvalue weighted by Crippen LogP contribution is 2.17. The zero-order valence-electron chi connectivity index (χ0n) is 11.4. The first-order valence-electron chi connectivity index (χ1n) is 6.57. The molecule has 1 aliphatic rings. The van der Waals surface area contributed by atoms with Gasteiger partial charge in [-0.25, -0.2) is 4.39 Å². The third kappa shape index (κ3) is 3.04. The number of piperazine rings is 1. The summed E-state index contributed by atoms with van der Waals surface area (Å²) in [5.41, 5.74) is 6.30. The lowest BCUT2D eigenvalue weighted by Gasteiger charge is -2.37. The molecule has 0 radical (unpaired) electrons. The minimum atomic E-state index is -0.418. The van der Waals surface area contributed by atoms with Gasteiger partial charge in [0.25, 0.3) is 5.91 Å². The maximum Gasteiger partial charge on any atom is 0.256 e. The lowest BCUT2D eigenvalue weighted by atomic mass is 10.1. The predicted octanol–water partition coefficient (Wildman–Crippen LogP) is 1.57. The van der Waals surface area contributed by atoms with Crippen molar-refractivity contribution in [2.45, 2.75) is 19.9 Å². The minimum Gasteiger partial charge on any atom is -0.398 e. The van der Waals surface area contributed by atoms with Gasteiger partial charge in [0.2, 0.25) is 0 Å². The van der Waals surface area contributed by atoms with Crippen LogP contribution >= 0.6 is 0 Å². The molecule has 0 saturated carbocycles. The van der Waals surface area contributed by atoms with Gasteiger partial charge in [-0.1, -0.05) is 0 Å². The van der Waals surface area contributed by atoms with E-state index in [4.69, 9.17) is 5.73 Å². The summed E-state index contributed by atoms with van der Waals surface area (Å²) in [6, 6.07) is 4.42. The number of anilines is 1. The van der Waals surface area contributed by atoms with Crippen LogP contribution in [0.15, 0.2) is 18.2 Å². The van der Waals surface area contributed by atoms with Crippen molar-refractivity contribution >= 4 is 11.6 Å². The van der Waals surface area contributed by atoms with Crippen molar-refractivity contribution in [3.63, 3.8) is 0 Å². The quantitative estimate of drug-likeness (QED) is 0.826. The molecule has 1 aromatic carbocycles. The Hall–Kier alpha value is -1.62. The first kappa shape index (κ1) is 13.8. The number of carbonyl (C=O) groups is 1. The summed E-state index contributed by atoms with van der Waals surface area (Å²) in [7, 11) is 0. The largest absolute Gasteiger partial charge is 0.398 e. The van der Waals surface area contributed by atoms with E-state index < -0.39 is 5.82 Å². The Kier molecular flexibility index (Phi) is 4.04. The Labute approximate surface area is 113 Å². The number of nitrogens with two attached hydrogens (primary N) is 1. The molecule has 0 aromatic heterocycles. The van der Waals surface area contributed by atoms with E-state index in [-0.39, 0.29) is 11.6 Å². The molecular formula is C14H20FN3O. The van der Waals surface area contributed by atoms with Gasteiger partial charge >= 0.3 is 0 Å². The summed E-state index contributed by atoms with van der Waals surface area (Å²) in [4.78, 5) is 16.4. The van der Waals surface area contributed by atoms with Gasteiger partial charge in [0.1, 0.15) is 5.82 Å². The molecule has 0 unspecified atom stereocenters. The van der Waals surface area contributed by atoms with Crippen molar-refractivity contribution in [3.8, 4) is 0 Å². The molecule has 0 aliphatic carbocycles. The molecule has 1 aliphatic heterocycles. The number of amides is 1. The van der Waals surface area contributed by atoms with Crippen molar-refractivity contribution in [2.75, 3.05) is 31.9 Å². The number of rotatable bonds is 2. The second-order valence-electron chi connectivity index (χ2n) is 5.15. The van der Waals surface area contributed by atoms with Gasteiger partial charge in [0.15, 0.2) is 0 Å². The van der Waals surface area contributed by atoms with Crippen molar-refractivity contribution in [3.05, 3.63) is 29.6 Å². The Morgan fingerprint density at radius 3 is 2.42 bits per heavy atom. The number of halogens is 1. The van der Waals surface area contributed by atoms with Crippen molar-refractivity contribution in [2.24, 2.45) is 0 Å². The molecule has 2 N–H and O–H groups in total. The highest BCUT2D eigenvalue weighted by molar-refractivity contribution is 5.99. The SMILES string of the molecule is CC(C)N1CCN(C(=O)c2ccc(F)cc2N)CC1. The summed E-state index contributed by atoms with van der Waals surface area (Å²) in [5, 5.41) is 0. The highest BCUT2D eigenvalue weighted by atomic mass is 19.1. The van der Waals surface area contributed by atoms with E-state index in [0.717, 1.165) is 13.1 Å². The third-order valence-electron chi connectivity index (χ3n) is 3.58. The monoisotopic (exact) mass is 265 g/mol. The molecule has 0 atom stereocenters. The Morgan fingerprint density at radius 2 is 1.89 bits per heavy atom. The minimum absolute atomic E-state index is 0.110. The van der Waals surface area contributed by atoms with Crippen LogP contribution in [0.5, 0.6) is 0 Å². The molecule has 1 amide bonds. The van der Waals surface area contributed by atoms with E-state index in [1.807, 2.05) is 0 Å². The van der Waals surface area contributed by atoms with E-state index >= 15 is 0 Å². The van der Waals surface area contributed by atoms with Crippen LogP contribution < -0.4 is 5.73 Å². The van der Waals surface area contributed by atoms with E-state index in [0.29, 0.717) is 24.7 Å². The highest BCUT2D eigenvalue weighted by Gasteiger charge is 2.24. The molecule has 1 saturated heterocycles. The van der Waals surface area contributed by atoms with Crippen molar-refractivity contribution in [1.29, 1.82) is 0 Å². The molecule has 5 heteroatoms. The second-order valence-corrected chi connectivity index (χ2v) is 5.15. The average Bonchev–Trinajstić information content (AvgIpc) is 2.38. The van der Waals surface area contributed by atoms with Crippen LogP contribution in [0.3, 0.4) is 0 Å². The van der Waals surface area contributed by atoms with Crippen LogP contribution in [0.1, 0.15) is 24.2 Å². The van der Waals surface area contributed by atoms with Crippen LogP contribution in [0, 0.1) is 5.82 Å². The first-order valence-corrected chi connectivity index (χ1v) is 6.57. The van der Waals surface area contributed by atoms with Crippen LogP contribution in [0.25, 0.3) is 0 Å². The molecule has 19 heavy (non-hydrogen) atoms. The predicted molar refractivity (Wildman–Crippen MR) is 73.4 cm³/mol. The summed E-state index contributed by atoms with van der Waals surface area (Å²) < 4.78 is 13.0. The lowest BCUT2D eigenvalue weighted by Crippen LogP contribution is -2.50. The Balaban J connectivity index is 2.05. The fraction of sp³-hybridized carbons (Fsp3) is 0.500. The number of nitrogen functional groups attached to an aromatic ring is 1. The van der Waals surface area contributed by atoms with Gasteiger partial charge in [-0.05, 0) is 32.0 Å². The van der Waals surface area contributed by atoms with Gasteiger partial charge in [-0.2, -0.15) is 0 Å². The topological polar surface area (TPSA) is 49.6 Å². The summed E-state index contributed by atoms with van der Waals surface area (Å²) >= 11 is 0. The normalized spacial score (nSPS) is 16.9. The number of nitrogens with zero attached hydrogens (tertiary/aromatic N) is 2. The average molecular weight is 265 g/mol. The summed E-state index contributed by atoms with van der Waals surface area (Å²) in [6.07, 6.45) is 0. The molecule has 1 aromatic rings. The van der Waals surface area contributed by atoms with Gasteiger partial charge in [0, 0.05) is 37.9 Å². The zero-order valence-corrected chi connectivity index (χ0v) is 11.4. The smallest absolute Gasteiger partial charge is 0.256 e. The molecule has 1 fully saturated rings. The van der Waals surface area contributed by atoms with E-state index in [1.54, 1.807) is 4.90 Å². The van der Waals surface area contributed by atoms with Gasteiger partial charge in [-0.3, -0.25) is 9.69 Å². The molecule has 104 valence electrons. The van der Waals surface area contributed by atoms with Crippen LogP contribution in [0.2, 0.25) is 0 Å². The molecule has 2 rings (SSSR count). The third-order valence-corrected chi connectivity index (χ3v) is 3.58. The Morgan fingerprint density at radius 1 is 1.26 bits per heavy atom. The fourth-order valence-electron chi connectivity index (χ4n) is 2.34. The zero-order chi connectivity index (χ0) is 14.0. The van der Waals surface area contributed by atoms with E-state index in [1.165, 1.54) is 18.2 Å². The molecule has 1 heterocycles. The summed E-state index contributed by atoms with van der Waals surface area (Å²) in [6.45, 7) is 7.40. The molecule has 0 bridgehead atoms. The van der Waals surface area contributed by atoms with Crippen molar-refractivity contribution < 1.29 is 9.18 Å². The maximum atomic E-state index is 13.0. The molecule has 4 nitrogen and oxygen atoms in total. The standard InChI is InChI=1S/C14H20FN3O/c1-10(2)17-5-7-18(8-6-17)14(19)12-4-3-11(15)9-13(12)16/h3-4,9-10H,5-8,16H2,1-2H3. The lowest BCUT2D eigenvalue weighted by molar-refractivity contribution is 0.0596. The number of hydrogen-bond acceptors (Lipinski definition) is 3. The summed E-state index contributed by atoms with van der Waals surface area (Å²) in [5.74, 6) is -0.528. The van der Waals surface area contributed by atoms with Crippen LogP contribution in [-0.2, 0) is 0 Å². The van der Waals surface area contributed by atoms with Gasteiger partial charge in [0.05, 0.1) is 5.56 Å². The Bertz CT molecular complexity index is 468. The van der Waals surface area contributed by atoms with E-state index in [2.05, 4.69) is 18.7 Å². The first-order chi connectivity index (χ1) is 8.99. The number of benzene rings is 1. The molecular weight excluding hydrogens is 245 g/mol. The van der Waals surface area contributed by atoms with Crippen molar-refractivity contribution in [1.82, 2.24) is 9.80 Å². The second kappa shape index (κ2) is 5.57. The van der Waals surface area contributed by atoms with Crippen LogP contribution in [0.4, 0.5) is 10.1 Å². The fourth-order valence-corrected chi connectivity index (χ4v) is 2.34. The number of hydrogen-bond donors (Lipinski definition) is 1. The van der Waals surface area contributed by atoms with Gasteiger partial charge in [-0.15, -0.1) is 0 Å². The van der Waals surface area contributed by atoms with E-state index in [9.17, 15) is 9.18 Å².